The largest absolute Gasteiger partial charge is 0.475 e. The van der Waals surface area contributed by atoms with Gasteiger partial charge in [0.2, 0.25) is 5.76 Å². The van der Waals surface area contributed by atoms with Crippen LogP contribution in [0.15, 0.2) is 16.5 Å². The Bertz CT molecular complexity index is 329. The van der Waals surface area contributed by atoms with Gasteiger partial charge in [-0.1, -0.05) is 13.8 Å². The standard InChI is InChI=1S/C11H16O5/c1-8(2)7-14-5-6-15-10-4-3-9(16-10)11(12)13/h3-4,8H,5-7H2,1-2H3,(H,12,13). The molecule has 0 radical (unpaired) electrons. The lowest BCUT2D eigenvalue weighted by Crippen LogP contribution is -2.09. The number of carboxylic acid groups (broad SMARTS) is 1. The van der Waals surface area contributed by atoms with Gasteiger partial charge in [-0.25, -0.2) is 4.79 Å². The highest BCUT2D eigenvalue weighted by atomic mass is 16.6. The summed E-state index contributed by atoms with van der Waals surface area (Å²) in [4.78, 5) is 10.5. The van der Waals surface area contributed by atoms with E-state index in [1.54, 1.807) is 0 Å². The third-order valence-electron chi connectivity index (χ3n) is 1.72. The van der Waals surface area contributed by atoms with E-state index >= 15 is 0 Å². The molecule has 1 N–H and O–H groups in total. The first-order valence-electron chi connectivity index (χ1n) is 5.13. The molecule has 0 saturated heterocycles. The van der Waals surface area contributed by atoms with Crippen molar-refractivity contribution in [2.45, 2.75) is 13.8 Å². The summed E-state index contributed by atoms with van der Waals surface area (Å²) in [7, 11) is 0. The fraction of sp³-hybridized carbons (Fsp3) is 0.545. The smallest absolute Gasteiger partial charge is 0.371 e. The summed E-state index contributed by atoms with van der Waals surface area (Å²) in [6.45, 7) is 5.61. The fourth-order valence-electron chi connectivity index (χ4n) is 1.03. The van der Waals surface area contributed by atoms with Gasteiger partial charge in [-0.2, -0.15) is 0 Å². The lowest BCUT2D eigenvalue weighted by Gasteiger charge is -2.06. The average Bonchev–Trinajstić information content (AvgIpc) is 2.65. The number of carbonyl (C=O) groups is 1. The number of aromatic carboxylic acids is 1. The third kappa shape index (κ3) is 4.35. The molecular formula is C11H16O5. The SMILES string of the molecule is CC(C)COCCOc1ccc(C(=O)O)o1. The van der Waals surface area contributed by atoms with E-state index in [-0.39, 0.29) is 11.7 Å². The van der Waals surface area contributed by atoms with Crippen molar-refractivity contribution >= 4 is 5.97 Å². The summed E-state index contributed by atoms with van der Waals surface area (Å²) in [5.74, 6) is -0.545. The summed E-state index contributed by atoms with van der Waals surface area (Å²) < 4.78 is 15.3. The second-order valence-corrected chi connectivity index (χ2v) is 3.74. The molecule has 0 aliphatic rings. The summed E-state index contributed by atoms with van der Waals surface area (Å²) in [6, 6.07) is 2.83. The summed E-state index contributed by atoms with van der Waals surface area (Å²) in [5, 5.41) is 8.59. The van der Waals surface area contributed by atoms with Crippen molar-refractivity contribution in [1.29, 1.82) is 0 Å². The first-order valence-corrected chi connectivity index (χ1v) is 5.13. The van der Waals surface area contributed by atoms with E-state index in [0.717, 1.165) is 0 Å². The van der Waals surface area contributed by atoms with E-state index in [1.165, 1.54) is 12.1 Å². The van der Waals surface area contributed by atoms with Crippen molar-refractivity contribution in [1.82, 2.24) is 0 Å². The van der Waals surface area contributed by atoms with Gasteiger partial charge >= 0.3 is 5.97 Å². The van der Waals surface area contributed by atoms with Gasteiger partial charge in [0, 0.05) is 12.7 Å². The Balaban J connectivity index is 2.19. The van der Waals surface area contributed by atoms with Crippen LogP contribution in [0.1, 0.15) is 24.4 Å². The Morgan fingerprint density at radius 3 is 2.75 bits per heavy atom. The topological polar surface area (TPSA) is 68.9 Å². The first-order chi connectivity index (χ1) is 7.59. The number of ether oxygens (including phenoxy) is 2. The van der Waals surface area contributed by atoms with E-state index in [0.29, 0.717) is 25.7 Å². The van der Waals surface area contributed by atoms with E-state index in [1.807, 2.05) is 0 Å². The lowest BCUT2D eigenvalue weighted by atomic mass is 10.2. The third-order valence-corrected chi connectivity index (χ3v) is 1.72. The van der Waals surface area contributed by atoms with Crippen molar-refractivity contribution < 1.29 is 23.8 Å². The Labute approximate surface area is 94.0 Å². The van der Waals surface area contributed by atoms with E-state index < -0.39 is 5.97 Å². The van der Waals surface area contributed by atoms with Crippen molar-refractivity contribution in [3.63, 3.8) is 0 Å². The van der Waals surface area contributed by atoms with Crippen molar-refractivity contribution in [3.05, 3.63) is 17.9 Å². The van der Waals surface area contributed by atoms with E-state index in [9.17, 15) is 4.79 Å². The fourth-order valence-corrected chi connectivity index (χ4v) is 1.03. The molecule has 16 heavy (non-hydrogen) atoms. The van der Waals surface area contributed by atoms with Gasteiger partial charge in [0.15, 0.2) is 0 Å². The van der Waals surface area contributed by atoms with Crippen LogP contribution < -0.4 is 4.74 Å². The van der Waals surface area contributed by atoms with Gasteiger partial charge in [0.1, 0.15) is 6.61 Å². The van der Waals surface area contributed by atoms with Crippen LogP contribution in [0.2, 0.25) is 0 Å². The summed E-state index contributed by atoms with van der Waals surface area (Å²) in [5.41, 5.74) is 0. The van der Waals surface area contributed by atoms with Crippen molar-refractivity contribution in [2.75, 3.05) is 19.8 Å². The van der Waals surface area contributed by atoms with Crippen LogP contribution in [0.25, 0.3) is 0 Å². The molecule has 0 saturated carbocycles. The first kappa shape index (κ1) is 12.6. The highest BCUT2D eigenvalue weighted by Gasteiger charge is 2.09. The number of furan rings is 1. The van der Waals surface area contributed by atoms with E-state index in [2.05, 4.69) is 13.8 Å². The zero-order valence-corrected chi connectivity index (χ0v) is 9.43. The summed E-state index contributed by atoms with van der Waals surface area (Å²) >= 11 is 0. The maximum Gasteiger partial charge on any atom is 0.371 e. The van der Waals surface area contributed by atoms with Crippen LogP contribution in [0.3, 0.4) is 0 Å². The second kappa shape index (κ2) is 6.17. The monoisotopic (exact) mass is 228 g/mol. The Kier molecular flexibility index (Phi) is 4.85. The molecule has 0 atom stereocenters. The minimum Gasteiger partial charge on any atom is -0.475 e. The average molecular weight is 228 g/mol. The highest BCUT2D eigenvalue weighted by Crippen LogP contribution is 2.15. The van der Waals surface area contributed by atoms with Crippen LogP contribution in [0.4, 0.5) is 0 Å². The zero-order chi connectivity index (χ0) is 12.0. The Morgan fingerprint density at radius 1 is 1.44 bits per heavy atom. The Morgan fingerprint density at radius 2 is 2.19 bits per heavy atom. The van der Waals surface area contributed by atoms with Gasteiger partial charge in [0.05, 0.1) is 6.61 Å². The molecule has 0 spiro atoms. The Hall–Kier alpha value is -1.49. The molecule has 0 aromatic carbocycles. The molecule has 1 aromatic rings. The quantitative estimate of drug-likeness (QED) is 0.723. The molecule has 5 heteroatoms. The maximum absolute atomic E-state index is 10.5. The van der Waals surface area contributed by atoms with E-state index in [4.69, 9.17) is 19.0 Å². The predicted octanol–water partition coefficient (Wildman–Crippen LogP) is 2.03. The molecule has 1 rings (SSSR count). The van der Waals surface area contributed by atoms with Crippen LogP contribution in [0, 0.1) is 5.92 Å². The maximum atomic E-state index is 10.5. The number of carboxylic acids is 1. The molecule has 1 heterocycles. The molecule has 0 aliphatic carbocycles. The highest BCUT2D eigenvalue weighted by molar-refractivity contribution is 5.84. The second-order valence-electron chi connectivity index (χ2n) is 3.74. The molecule has 90 valence electrons. The van der Waals surface area contributed by atoms with Crippen LogP contribution in [0.5, 0.6) is 5.95 Å². The molecule has 1 aromatic heterocycles. The molecule has 0 amide bonds. The minimum atomic E-state index is -1.11. The number of hydrogen-bond donors (Lipinski definition) is 1. The van der Waals surface area contributed by atoms with Gasteiger partial charge in [-0.05, 0) is 12.0 Å². The number of hydrogen-bond acceptors (Lipinski definition) is 4. The van der Waals surface area contributed by atoms with Crippen molar-refractivity contribution in [2.24, 2.45) is 5.92 Å². The zero-order valence-electron chi connectivity index (χ0n) is 9.43. The van der Waals surface area contributed by atoms with Gasteiger partial charge < -0.3 is 19.0 Å². The normalized spacial score (nSPS) is 10.7. The predicted molar refractivity (Wildman–Crippen MR) is 56.8 cm³/mol. The van der Waals surface area contributed by atoms with Gasteiger partial charge in [0.25, 0.3) is 5.95 Å². The van der Waals surface area contributed by atoms with Crippen molar-refractivity contribution in [3.8, 4) is 5.95 Å². The molecule has 0 unspecified atom stereocenters. The minimum absolute atomic E-state index is 0.127. The van der Waals surface area contributed by atoms with Gasteiger partial charge in [-0.3, -0.25) is 0 Å². The van der Waals surface area contributed by atoms with Crippen LogP contribution in [-0.2, 0) is 4.74 Å². The molecular weight excluding hydrogens is 212 g/mol. The molecule has 0 fully saturated rings. The van der Waals surface area contributed by atoms with Crippen LogP contribution in [-0.4, -0.2) is 30.9 Å². The number of rotatable bonds is 7. The molecule has 5 nitrogen and oxygen atoms in total. The lowest BCUT2D eigenvalue weighted by molar-refractivity contribution is 0.0626. The summed E-state index contributed by atoms with van der Waals surface area (Å²) in [6.07, 6.45) is 0. The van der Waals surface area contributed by atoms with Crippen LogP contribution >= 0.6 is 0 Å². The molecule has 0 bridgehead atoms. The van der Waals surface area contributed by atoms with Gasteiger partial charge in [-0.15, -0.1) is 0 Å². The molecule has 0 aliphatic heterocycles.